The molecular formula is C17H29BN2O4. The molecule has 0 radical (unpaired) electrons. The zero-order chi connectivity index (χ0) is 18.0. The molecule has 6 nitrogen and oxygen atoms in total. The number of ether oxygens (including phenoxy) is 2. The van der Waals surface area contributed by atoms with Crippen LogP contribution in [0.2, 0.25) is 0 Å². The highest BCUT2D eigenvalue weighted by Crippen LogP contribution is 2.37. The fourth-order valence-electron chi connectivity index (χ4n) is 3.22. The second-order valence-electron chi connectivity index (χ2n) is 8.80. The number of rotatable bonds is 3. The summed E-state index contributed by atoms with van der Waals surface area (Å²) in [4.78, 5) is 0. The molecule has 24 heavy (non-hydrogen) atoms. The van der Waals surface area contributed by atoms with Crippen molar-refractivity contribution in [3.05, 3.63) is 12.4 Å². The Labute approximate surface area is 144 Å². The fraction of sp³-hybridized carbons (Fsp3) is 0.824. The summed E-state index contributed by atoms with van der Waals surface area (Å²) < 4.78 is 26.0. The highest BCUT2D eigenvalue weighted by Gasteiger charge is 2.52. The zero-order valence-electron chi connectivity index (χ0n) is 16.0. The first-order chi connectivity index (χ1) is 10.8. The Morgan fingerprint density at radius 1 is 1.04 bits per heavy atom. The molecule has 2 saturated heterocycles. The van der Waals surface area contributed by atoms with Crippen molar-refractivity contribution in [3.63, 3.8) is 0 Å². The van der Waals surface area contributed by atoms with Gasteiger partial charge in [0.15, 0.2) is 5.79 Å². The maximum atomic E-state index is 6.08. The van der Waals surface area contributed by atoms with Gasteiger partial charge in [0.1, 0.15) is 6.10 Å². The van der Waals surface area contributed by atoms with Gasteiger partial charge in [-0.3, -0.25) is 4.68 Å². The number of aromatic nitrogens is 2. The Bertz CT molecular complexity index is 608. The van der Waals surface area contributed by atoms with Gasteiger partial charge in [-0.05, 0) is 55.4 Å². The van der Waals surface area contributed by atoms with Crippen molar-refractivity contribution in [1.82, 2.24) is 9.78 Å². The first kappa shape index (κ1) is 17.9. The molecule has 134 valence electrons. The lowest BCUT2D eigenvalue weighted by molar-refractivity contribution is -0.157. The summed E-state index contributed by atoms with van der Waals surface area (Å²) in [5, 5.41) is 4.45. The summed E-state index contributed by atoms with van der Waals surface area (Å²) in [5.74, 6) is -0.574. The van der Waals surface area contributed by atoms with E-state index in [2.05, 4.69) is 5.10 Å². The zero-order valence-corrected chi connectivity index (χ0v) is 16.0. The number of hydrogen-bond donors (Lipinski definition) is 0. The van der Waals surface area contributed by atoms with Crippen LogP contribution < -0.4 is 5.46 Å². The lowest BCUT2D eigenvalue weighted by Crippen LogP contribution is -2.41. The molecule has 0 aliphatic carbocycles. The van der Waals surface area contributed by atoms with Gasteiger partial charge in [0.05, 0.1) is 23.3 Å². The predicted molar refractivity (Wildman–Crippen MR) is 92.1 cm³/mol. The van der Waals surface area contributed by atoms with Gasteiger partial charge in [-0.25, -0.2) is 0 Å². The first-order valence-electron chi connectivity index (χ1n) is 8.57. The van der Waals surface area contributed by atoms with E-state index in [0.29, 0.717) is 6.54 Å². The van der Waals surface area contributed by atoms with Crippen molar-refractivity contribution in [2.75, 3.05) is 0 Å². The van der Waals surface area contributed by atoms with Gasteiger partial charge >= 0.3 is 7.12 Å². The first-order valence-corrected chi connectivity index (χ1v) is 8.57. The van der Waals surface area contributed by atoms with Crippen molar-refractivity contribution in [3.8, 4) is 0 Å². The van der Waals surface area contributed by atoms with Gasteiger partial charge in [-0.15, -0.1) is 0 Å². The van der Waals surface area contributed by atoms with E-state index in [1.165, 1.54) is 0 Å². The Kier molecular flexibility index (Phi) is 3.96. The smallest absolute Gasteiger partial charge is 0.399 e. The standard InChI is InChI=1S/C17H29BN2O4/c1-14(2)13(21-17(7,8)22-14)11-20-10-12(9-19-20)18-23-15(3,4)16(5,6)24-18/h9-10,13H,11H2,1-8H3/t13-/m0/s1. The summed E-state index contributed by atoms with van der Waals surface area (Å²) in [6.07, 6.45) is 3.70. The van der Waals surface area contributed by atoms with E-state index in [-0.39, 0.29) is 22.9 Å². The van der Waals surface area contributed by atoms with Crippen LogP contribution in [0, 0.1) is 0 Å². The molecule has 0 N–H and O–H groups in total. The lowest BCUT2D eigenvalue weighted by Gasteiger charge is -2.32. The van der Waals surface area contributed by atoms with Crippen molar-refractivity contribution >= 4 is 12.6 Å². The fourth-order valence-corrected chi connectivity index (χ4v) is 3.22. The Morgan fingerprint density at radius 3 is 2.12 bits per heavy atom. The van der Waals surface area contributed by atoms with Crippen LogP contribution in [0.4, 0.5) is 0 Å². The molecule has 0 aromatic carbocycles. The maximum Gasteiger partial charge on any atom is 0.498 e. The number of hydrogen-bond acceptors (Lipinski definition) is 5. The van der Waals surface area contributed by atoms with E-state index in [1.54, 1.807) is 6.20 Å². The molecule has 3 heterocycles. The second kappa shape index (κ2) is 5.30. The molecule has 2 aliphatic heterocycles. The summed E-state index contributed by atoms with van der Waals surface area (Å²) in [7, 11) is -0.394. The lowest BCUT2D eigenvalue weighted by atomic mass is 9.82. The van der Waals surface area contributed by atoms with Crippen LogP contribution in [0.1, 0.15) is 55.4 Å². The van der Waals surface area contributed by atoms with Crippen LogP contribution in [-0.4, -0.2) is 45.6 Å². The molecule has 1 atom stereocenters. The molecule has 7 heteroatoms. The summed E-state index contributed by atoms with van der Waals surface area (Å²) in [6.45, 7) is 16.8. The van der Waals surface area contributed by atoms with Gasteiger partial charge in [-0.1, -0.05) is 0 Å². The minimum absolute atomic E-state index is 0.0708. The molecule has 2 fully saturated rings. The predicted octanol–water partition coefficient (Wildman–Crippen LogP) is 2.11. The van der Waals surface area contributed by atoms with Crippen molar-refractivity contribution < 1.29 is 18.8 Å². The van der Waals surface area contributed by atoms with Crippen LogP contribution in [0.15, 0.2) is 12.4 Å². The molecule has 1 aromatic rings. The van der Waals surface area contributed by atoms with Crippen molar-refractivity contribution in [2.45, 2.75) is 90.6 Å². The van der Waals surface area contributed by atoms with Crippen LogP contribution >= 0.6 is 0 Å². The SMILES string of the molecule is CC1(C)O[C@@H](Cn2cc(B3OC(C)(C)C(C)(C)O3)cn2)C(C)(C)O1. The summed E-state index contributed by atoms with van der Waals surface area (Å²) in [5.41, 5.74) is -0.146. The molecule has 0 unspecified atom stereocenters. The minimum Gasteiger partial charge on any atom is -0.399 e. The van der Waals surface area contributed by atoms with E-state index < -0.39 is 12.9 Å². The van der Waals surface area contributed by atoms with Crippen molar-refractivity contribution in [1.29, 1.82) is 0 Å². The molecule has 0 saturated carbocycles. The van der Waals surface area contributed by atoms with Gasteiger partial charge in [0.25, 0.3) is 0 Å². The summed E-state index contributed by atoms with van der Waals surface area (Å²) in [6, 6.07) is 0. The van der Waals surface area contributed by atoms with Gasteiger partial charge in [0, 0.05) is 17.9 Å². The Hall–Kier alpha value is -0.885. The molecule has 1 aromatic heterocycles. The van der Waals surface area contributed by atoms with Crippen LogP contribution in [-0.2, 0) is 25.3 Å². The monoisotopic (exact) mass is 336 g/mol. The molecular weight excluding hydrogens is 307 g/mol. The third-order valence-electron chi connectivity index (χ3n) is 5.24. The second-order valence-corrected chi connectivity index (χ2v) is 8.80. The average Bonchev–Trinajstić information content (AvgIpc) is 2.96. The van der Waals surface area contributed by atoms with E-state index >= 15 is 0 Å². The molecule has 0 spiro atoms. The number of nitrogens with zero attached hydrogens (tertiary/aromatic N) is 2. The Balaban J connectivity index is 1.71. The third-order valence-corrected chi connectivity index (χ3v) is 5.24. The van der Waals surface area contributed by atoms with Crippen LogP contribution in [0.5, 0.6) is 0 Å². The van der Waals surface area contributed by atoms with E-state index in [0.717, 1.165) is 5.46 Å². The minimum atomic E-state index is -0.574. The summed E-state index contributed by atoms with van der Waals surface area (Å²) >= 11 is 0. The highest BCUT2D eigenvalue weighted by atomic mass is 16.8. The molecule has 3 rings (SSSR count). The van der Waals surface area contributed by atoms with Crippen LogP contribution in [0.25, 0.3) is 0 Å². The van der Waals surface area contributed by atoms with Gasteiger partial charge in [-0.2, -0.15) is 5.10 Å². The normalized spacial score (nSPS) is 30.0. The largest absolute Gasteiger partial charge is 0.498 e. The molecule has 2 aliphatic rings. The van der Waals surface area contributed by atoms with Gasteiger partial charge in [0.2, 0.25) is 0 Å². The molecule has 0 bridgehead atoms. The average molecular weight is 336 g/mol. The quantitative estimate of drug-likeness (QED) is 0.792. The molecule has 0 amide bonds. The third kappa shape index (κ3) is 3.15. The maximum absolute atomic E-state index is 6.08. The highest BCUT2D eigenvalue weighted by molar-refractivity contribution is 6.61. The van der Waals surface area contributed by atoms with E-state index in [9.17, 15) is 0 Å². The topological polar surface area (TPSA) is 54.7 Å². The van der Waals surface area contributed by atoms with Crippen molar-refractivity contribution in [2.24, 2.45) is 0 Å². The van der Waals surface area contributed by atoms with E-state index in [4.69, 9.17) is 18.8 Å². The van der Waals surface area contributed by atoms with E-state index in [1.807, 2.05) is 66.3 Å². The Morgan fingerprint density at radius 2 is 1.62 bits per heavy atom. The van der Waals surface area contributed by atoms with Crippen LogP contribution in [0.3, 0.4) is 0 Å². The van der Waals surface area contributed by atoms with Gasteiger partial charge < -0.3 is 18.8 Å².